The Kier molecular flexibility index (Phi) is 7.60. The Hall–Kier alpha value is -3.77. The number of carbonyl (C=O) groups excluding carboxylic acids is 2. The minimum atomic E-state index is -0.849. The van der Waals surface area contributed by atoms with Crippen LogP contribution in [0.15, 0.2) is 66.2 Å². The van der Waals surface area contributed by atoms with E-state index in [1.165, 1.54) is 12.0 Å². The van der Waals surface area contributed by atoms with Crippen LogP contribution in [0.25, 0.3) is 5.76 Å². The van der Waals surface area contributed by atoms with E-state index in [-0.39, 0.29) is 17.3 Å². The maximum absolute atomic E-state index is 13.5. The molecule has 0 bridgehead atoms. The monoisotopic (exact) mass is 519 g/mol. The average molecular weight is 520 g/mol. The van der Waals surface area contributed by atoms with Crippen molar-refractivity contribution in [2.24, 2.45) is 0 Å². The molecule has 6 nitrogen and oxygen atoms in total. The highest BCUT2D eigenvalue weighted by Gasteiger charge is 2.47. The zero-order chi connectivity index (χ0) is 26.9. The molecule has 7 heteroatoms. The Morgan fingerprint density at radius 3 is 2.41 bits per heavy atom. The Bertz CT molecular complexity index is 1390. The van der Waals surface area contributed by atoms with Gasteiger partial charge in [-0.25, -0.2) is 0 Å². The van der Waals surface area contributed by atoms with Gasteiger partial charge in [-0.2, -0.15) is 0 Å². The van der Waals surface area contributed by atoms with Crippen LogP contribution in [0, 0.1) is 6.92 Å². The van der Waals surface area contributed by atoms with Crippen LogP contribution < -0.4 is 14.4 Å². The molecule has 0 aromatic heterocycles. The quantitative estimate of drug-likeness (QED) is 0.211. The van der Waals surface area contributed by atoms with Gasteiger partial charge in [0.15, 0.2) is 0 Å². The minimum Gasteiger partial charge on any atom is -0.507 e. The van der Waals surface area contributed by atoms with Crippen LogP contribution in [0.4, 0.5) is 5.69 Å². The number of ketones is 1. The fourth-order valence-corrected chi connectivity index (χ4v) is 4.90. The number of benzene rings is 3. The van der Waals surface area contributed by atoms with Crippen molar-refractivity contribution in [2.45, 2.75) is 39.7 Å². The van der Waals surface area contributed by atoms with E-state index in [1.807, 2.05) is 58.0 Å². The molecule has 192 valence electrons. The van der Waals surface area contributed by atoms with E-state index in [0.717, 1.165) is 16.9 Å². The van der Waals surface area contributed by atoms with E-state index in [4.69, 9.17) is 21.1 Å². The lowest BCUT2D eigenvalue weighted by atomic mass is 9.92. The maximum Gasteiger partial charge on any atom is 0.300 e. The van der Waals surface area contributed by atoms with Crippen LogP contribution in [0.5, 0.6) is 11.5 Å². The molecule has 37 heavy (non-hydrogen) atoms. The second-order valence-corrected chi connectivity index (χ2v) is 9.65. The summed E-state index contributed by atoms with van der Waals surface area (Å²) in [6.07, 6.45) is 0. The average Bonchev–Trinajstić information content (AvgIpc) is 3.14. The van der Waals surface area contributed by atoms with Gasteiger partial charge in [-0.15, -0.1) is 0 Å². The van der Waals surface area contributed by atoms with Crippen LogP contribution in [0.1, 0.15) is 55.0 Å². The number of rotatable bonds is 7. The van der Waals surface area contributed by atoms with E-state index in [2.05, 4.69) is 0 Å². The van der Waals surface area contributed by atoms with E-state index in [0.29, 0.717) is 34.2 Å². The molecule has 1 fully saturated rings. The van der Waals surface area contributed by atoms with Crippen molar-refractivity contribution in [1.82, 2.24) is 0 Å². The molecule has 0 aliphatic carbocycles. The number of Topliss-reactive ketones (excluding diaryl/α,β-unsaturated/α-hetero) is 1. The standard InChI is InChI=1S/C30H30ClNO5/c1-6-37-24-12-10-20(15-22(24)17(2)3)28(33)26-27(19-9-7-8-18(4)14-19)32(30(35)29(26)34)21-11-13-25(36-5)23(31)16-21/h7-17,27,33H,6H2,1-5H3/b28-26-. The summed E-state index contributed by atoms with van der Waals surface area (Å²) in [4.78, 5) is 28.3. The van der Waals surface area contributed by atoms with Crippen molar-refractivity contribution in [3.8, 4) is 11.5 Å². The van der Waals surface area contributed by atoms with Gasteiger partial charge in [-0.05, 0) is 67.3 Å². The molecule has 3 aromatic carbocycles. The smallest absolute Gasteiger partial charge is 0.300 e. The Balaban J connectivity index is 1.94. The van der Waals surface area contributed by atoms with E-state index in [9.17, 15) is 14.7 Å². The zero-order valence-corrected chi connectivity index (χ0v) is 22.3. The van der Waals surface area contributed by atoms with Crippen LogP contribution in [-0.2, 0) is 9.59 Å². The molecule has 1 aliphatic heterocycles. The van der Waals surface area contributed by atoms with E-state index in [1.54, 1.807) is 30.3 Å². The molecule has 1 heterocycles. The topological polar surface area (TPSA) is 76.1 Å². The van der Waals surface area contributed by atoms with Gasteiger partial charge in [-0.3, -0.25) is 14.5 Å². The predicted octanol–water partition coefficient (Wildman–Crippen LogP) is 6.81. The lowest BCUT2D eigenvalue weighted by Crippen LogP contribution is -2.29. The number of anilines is 1. The summed E-state index contributed by atoms with van der Waals surface area (Å²) in [5.41, 5.74) is 3.43. The Labute approximate surface area is 222 Å². The predicted molar refractivity (Wildman–Crippen MR) is 146 cm³/mol. The van der Waals surface area contributed by atoms with Crippen molar-refractivity contribution in [3.63, 3.8) is 0 Å². The second kappa shape index (κ2) is 10.7. The molecule has 4 rings (SSSR count). The van der Waals surface area contributed by atoms with Crippen molar-refractivity contribution in [2.75, 3.05) is 18.6 Å². The number of aryl methyl sites for hydroxylation is 1. The highest BCUT2D eigenvalue weighted by atomic mass is 35.5. The summed E-state index contributed by atoms with van der Waals surface area (Å²) in [5, 5.41) is 11.8. The molecular formula is C30H30ClNO5. The molecule has 1 amide bonds. The number of halogens is 1. The van der Waals surface area contributed by atoms with Crippen molar-refractivity contribution in [3.05, 3.63) is 93.5 Å². The zero-order valence-electron chi connectivity index (χ0n) is 21.5. The Morgan fingerprint density at radius 2 is 1.78 bits per heavy atom. The number of hydrogen-bond acceptors (Lipinski definition) is 5. The van der Waals surface area contributed by atoms with Crippen molar-refractivity contribution < 1.29 is 24.2 Å². The first-order chi connectivity index (χ1) is 17.7. The van der Waals surface area contributed by atoms with Crippen molar-refractivity contribution >= 4 is 34.7 Å². The first-order valence-corrected chi connectivity index (χ1v) is 12.5. The lowest BCUT2D eigenvalue weighted by Gasteiger charge is -2.26. The second-order valence-electron chi connectivity index (χ2n) is 9.24. The van der Waals surface area contributed by atoms with Crippen LogP contribution in [0.2, 0.25) is 5.02 Å². The summed E-state index contributed by atoms with van der Waals surface area (Å²) in [6, 6.07) is 16.9. The third-order valence-corrected chi connectivity index (χ3v) is 6.72. The summed E-state index contributed by atoms with van der Waals surface area (Å²) in [7, 11) is 1.50. The van der Waals surface area contributed by atoms with Gasteiger partial charge in [-0.1, -0.05) is 55.3 Å². The summed E-state index contributed by atoms with van der Waals surface area (Å²) < 4.78 is 11.0. The van der Waals surface area contributed by atoms with Gasteiger partial charge in [0.25, 0.3) is 11.7 Å². The molecule has 1 aliphatic rings. The Morgan fingerprint density at radius 1 is 1.05 bits per heavy atom. The number of amides is 1. The lowest BCUT2D eigenvalue weighted by molar-refractivity contribution is -0.132. The summed E-state index contributed by atoms with van der Waals surface area (Å²) in [6.45, 7) is 8.41. The van der Waals surface area contributed by atoms with Crippen LogP contribution in [-0.4, -0.2) is 30.5 Å². The van der Waals surface area contributed by atoms with Gasteiger partial charge < -0.3 is 14.6 Å². The molecular weight excluding hydrogens is 490 g/mol. The van der Waals surface area contributed by atoms with Gasteiger partial charge in [0.1, 0.15) is 17.3 Å². The number of aliphatic hydroxyl groups is 1. The normalized spacial score (nSPS) is 16.9. The maximum atomic E-state index is 13.5. The van der Waals surface area contributed by atoms with E-state index >= 15 is 0 Å². The largest absolute Gasteiger partial charge is 0.507 e. The molecule has 1 saturated heterocycles. The number of hydrogen-bond donors (Lipinski definition) is 1. The molecule has 1 unspecified atom stereocenters. The van der Waals surface area contributed by atoms with Crippen molar-refractivity contribution in [1.29, 1.82) is 0 Å². The molecule has 0 spiro atoms. The number of carbonyl (C=O) groups is 2. The van der Waals surface area contributed by atoms with Crippen LogP contribution in [0.3, 0.4) is 0 Å². The third kappa shape index (κ3) is 4.94. The number of methoxy groups -OCH3 is 1. The van der Waals surface area contributed by atoms with Gasteiger partial charge in [0.05, 0.1) is 30.4 Å². The number of nitrogens with zero attached hydrogens (tertiary/aromatic N) is 1. The number of aliphatic hydroxyl groups excluding tert-OH is 1. The SMILES string of the molecule is CCOc1ccc(/C(O)=C2/C(=O)C(=O)N(c3ccc(OC)c(Cl)c3)C2c2cccc(C)c2)cc1C(C)C. The van der Waals surface area contributed by atoms with E-state index < -0.39 is 17.7 Å². The number of ether oxygens (including phenoxy) is 2. The summed E-state index contributed by atoms with van der Waals surface area (Å²) >= 11 is 6.37. The highest BCUT2D eigenvalue weighted by Crippen LogP contribution is 2.44. The van der Waals surface area contributed by atoms with Crippen LogP contribution >= 0.6 is 11.6 Å². The fourth-order valence-electron chi connectivity index (χ4n) is 4.65. The fraction of sp³-hybridized carbons (Fsp3) is 0.267. The first-order valence-electron chi connectivity index (χ1n) is 12.2. The molecule has 1 N–H and O–H groups in total. The molecule has 3 aromatic rings. The molecule has 1 atom stereocenters. The molecule has 0 radical (unpaired) electrons. The third-order valence-electron chi connectivity index (χ3n) is 6.42. The first kappa shape index (κ1) is 26.3. The molecule has 0 saturated carbocycles. The minimum absolute atomic E-state index is 0.0152. The van der Waals surface area contributed by atoms with Gasteiger partial charge in [0, 0.05) is 11.3 Å². The highest BCUT2D eigenvalue weighted by molar-refractivity contribution is 6.51. The summed E-state index contributed by atoms with van der Waals surface area (Å²) in [5.74, 6) is -0.467. The van der Waals surface area contributed by atoms with Gasteiger partial charge >= 0.3 is 0 Å². The van der Waals surface area contributed by atoms with Gasteiger partial charge in [0.2, 0.25) is 0 Å².